The first kappa shape index (κ1) is 19.9. The van der Waals surface area contributed by atoms with Crippen molar-refractivity contribution in [3.8, 4) is 0 Å². The van der Waals surface area contributed by atoms with Crippen molar-refractivity contribution in [3.05, 3.63) is 65.4 Å². The van der Waals surface area contributed by atoms with Crippen molar-refractivity contribution in [3.63, 3.8) is 0 Å². The van der Waals surface area contributed by atoms with Gasteiger partial charge in [-0.05, 0) is 32.0 Å². The third kappa shape index (κ3) is 4.54. The molecular formula is C21H20FN3O2S. The smallest absolute Gasteiger partial charge is 0.233 e. The van der Waals surface area contributed by atoms with Crippen molar-refractivity contribution in [1.82, 2.24) is 14.9 Å². The van der Waals surface area contributed by atoms with E-state index in [9.17, 15) is 14.0 Å². The van der Waals surface area contributed by atoms with Crippen molar-refractivity contribution >= 4 is 34.4 Å². The molecule has 0 spiro atoms. The Bertz CT molecular complexity index is 1060. The fraction of sp³-hybridized carbons (Fsp3) is 0.238. The SMILES string of the molecule is CC(=O)c1ccc(SCC(=O)N(C)Cc2nc(C)c3ccccc3n2)c(F)c1. The van der Waals surface area contributed by atoms with Crippen LogP contribution in [0.5, 0.6) is 0 Å². The fourth-order valence-corrected chi connectivity index (χ4v) is 3.61. The predicted molar refractivity (Wildman–Crippen MR) is 108 cm³/mol. The summed E-state index contributed by atoms with van der Waals surface area (Å²) in [6, 6.07) is 12.0. The van der Waals surface area contributed by atoms with Gasteiger partial charge in [-0.3, -0.25) is 9.59 Å². The van der Waals surface area contributed by atoms with Gasteiger partial charge in [-0.15, -0.1) is 11.8 Å². The van der Waals surface area contributed by atoms with E-state index in [1.165, 1.54) is 24.0 Å². The molecule has 1 aromatic heterocycles. The monoisotopic (exact) mass is 397 g/mol. The summed E-state index contributed by atoms with van der Waals surface area (Å²) in [5, 5.41) is 0.986. The first-order chi connectivity index (χ1) is 13.3. The Kier molecular flexibility index (Phi) is 6.04. The van der Waals surface area contributed by atoms with Gasteiger partial charge in [-0.2, -0.15) is 0 Å². The molecular weight excluding hydrogens is 377 g/mol. The summed E-state index contributed by atoms with van der Waals surface area (Å²) in [5.41, 5.74) is 2.02. The molecule has 0 aliphatic carbocycles. The molecule has 3 rings (SSSR count). The number of fused-ring (bicyclic) bond motifs is 1. The van der Waals surface area contributed by atoms with Crippen LogP contribution in [0.1, 0.15) is 28.8 Å². The summed E-state index contributed by atoms with van der Waals surface area (Å²) in [7, 11) is 1.67. The van der Waals surface area contributed by atoms with Crippen LogP contribution in [0.4, 0.5) is 4.39 Å². The van der Waals surface area contributed by atoms with E-state index >= 15 is 0 Å². The molecule has 0 saturated heterocycles. The second-order valence-corrected chi connectivity index (χ2v) is 7.50. The molecule has 2 aromatic carbocycles. The highest BCUT2D eigenvalue weighted by atomic mass is 32.2. The number of Topliss-reactive ketones (excluding diaryl/α,β-unsaturated/α-hetero) is 1. The Morgan fingerprint density at radius 1 is 1.14 bits per heavy atom. The average Bonchev–Trinajstić information content (AvgIpc) is 2.66. The molecule has 1 heterocycles. The molecule has 0 N–H and O–H groups in total. The van der Waals surface area contributed by atoms with Gasteiger partial charge in [-0.1, -0.05) is 24.3 Å². The predicted octanol–water partition coefficient (Wildman–Crippen LogP) is 4.03. The number of nitrogens with zero attached hydrogens (tertiary/aromatic N) is 3. The fourth-order valence-electron chi connectivity index (χ4n) is 2.75. The van der Waals surface area contributed by atoms with E-state index in [1.54, 1.807) is 13.1 Å². The number of hydrogen-bond acceptors (Lipinski definition) is 5. The second kappa shape index (κ2) is 8.48. The topological polar surface area (TPSA) is 63.2 Å². The average molecular weight is 397 g/mol. The number of rotatable bonds is 6. The van der Waals surface area contributed by atoms with Crippen LogP contribution in [-0.2, 0) is 11.3 Å². The third-order valence-corrected chi connectivity index (χ3v) is 5.37. The van der Waals surface area contributed by atoms with Gasteiger partial charge in [0.2, 0.25) is 5.91 Å². The largest absolute Gasteiger partial charge is 0.337 e. The number of benzene rings is 2. The van der Waals surface area contributed by atoms with E-state index in [-0.39, 0.29) is 24.0 Å². The van der Waals surface area contributed by atoms with Gasteiger partial charge in [0.25, 0.3) is 0 Å². The minimum Gasteiger partial charge on any atom is -0.337 e. The van der Waals surface area contributed by atoms with Gasteiger partial charge in [0.1, 0.15) is 11.6 Å². The lowest BCUT2D eigenvalue weighted by molar-refractivity contribution is -0.127. The van der Waals surface area contributed by atoms with Crippen LogP contribution >= 0.6 is 11.8 Å². The molecule has 0 fully saturated rings. The Morgan fingerprint density at radius 2 is 1.89 bits per heavy atom. The minimum absolute atomic E-state index is 0.0827. The molecule has 1 amide bonds. The van der Waals surface area contributed by atoms with Crippen molar-refractivity contribution in [2.45, 2.75) is 25.3 Å². The summed E-state index contributed by atoms with van der Waals surface area (Å²) in [5.74, 6) is -0.207. The maximum Gasteiger partial charge on any atom is 0.233 e. The highest BCUT2D eigenvalue weighted by molar-refractivity contribution is 8.00. The molecule has 0 unspecified atom stereocenters. The molecule has 7 heteroatoms. The van der Waals surface area contributed by atoms with E-state index < -0.39 is 5.82 Å². The minimum atomic E-state index is -0.498. The van der Waals surface area contributed by atoms with E-state index in [1.807, 2.05) is 31.2 Å². The van der Waals surface area contributed by atoms with Gasteiger partial charge in [0.05, 0.1) is 17.8 Å². The van der Waals surface area contributed by atoms with Crippen molar-refractivity contribution in [1.29, 1.82) is 0 Å². The van der Waals surface area contributed by atoms with E-state index in [2.05, 4.69) is 9.97 Å². The highest BCUT2D eigenvalue weighted by Crippen LogP contribution is 2.23. The summed E-state index contributed by atoms with van der Waals surface area (Å²) in [4.78, 5) is 34.6. The number of hydrogen-bond donors (Lipinski definition) is 0. The maximum absolute atomic E-state index is 14.1. The zero-order chi connectivity index (χ0) is 20.3. The van der Waals surface area contributed by atoms with Crippen LogP contribution in [-0.4, -0.2) is 39.4 Å². The summed E-state index contributed by atoms with van der Waals surface area (Å²) < 4.78 is 14.1. The molecule has 0 saturated carbocycles. The van der Waals surface area contributed by atoms with Crippen LogP contribution in [0.25, 0.3) is 10.9 Å². The molecule has 3 aromatic rings. The molecule has 0 aliphatic rings. The van der Waals surface area contributed by atoms with Crippen LogP contribution in [0, 0.1) is 12.7 Å². The number of carbonyl (C=O) groups is 2. The van der Waals surface area contributed by atoms with Crippen LogP contribution < -0.4 is 0 Å². The van der Waals surface area contributed by atoms with Gasteiger partial charge in [0.15, 0.2) is 5.78 Å². The molecule has 5 nitrogen and oxygen atoms in total. The number of para-hydroxylation sites is 1. The quantitative estimate of drug-likeness (QED) is 0.464. The Balaban J connectivity index is 1.64. The van der Waals surface area contributed by atoms with Crippen molar-refractivity contribution in [2.24, 2.45) is 0 Å². The lowest BCUT2D eigenvalue weighted by Gasteiger charge is -2.17. The Hall–Kier alpha value is -2.80. The Labute approximate surface area is 167 Å². The number of aromatic nitrogens is 2. The van der Waals surface area contributed by atoms with E-state index in [0.717, 1.165) is 28.4 Å². The van der Waals surface area contributed by atoms with E-state index in [0.29, 0.717) is 16.3 Å². The number of amides is 1. The van der Waals surface area contributed by atoms with Gasteiger partial charge < -0.3 is 4.90 Å². The van der Waals surface area contributed by atoms with Crippen molar-refractivity contribution < 1.29 is 14.0 Å². The number of ketones is 1. The lowest BCUT2D eigenvalue weighted by atomic mass is 10.1. The van der Waals surface area contributed by atoms with Crippen molar-refractivity contribution in [2.75, 3.05) is 12.8 Å². The van der Waals surface area contributed by atoms with Gasteiger partial charge >= 0.3 is 0 Å². The normalized spacial score (nSPS) is 10.9. The zero-order valence-electron chi connectivity index (χ0n) is 15.9. The second-order valence-electron chi connectivity index (χ2n) is 6.48. The standard InChI is InChI=1S/C21H20FN3O2S/c1-13-16-6-4-5-7-18(16)24-20(23-13)11-25(3)21(27)12-28-19-9-8-15(14(2)26)10-17(19)22/h4-10H,11-12H2,1-3H3. The molecule has 28 heavy (non-hydrogen) atoms. The van der Waals surface area contributed by atoms with Gasteiger partial charge in [0, 0.05) is 28.6 Å². The van der Waals surface area contributed by atoms with Gasteiger partial charge in [-0.25, -0.2) is 14.4 Å². The maximum atomic E-state index is 14.1. The van der Waals surface area contributed by atoms with Crippen LogP contribution in [0.3, 0.4) is 0 Å². The lowest BCUT2D eigenvalue weighted by Crippen LogP contribution is -2.28. The molecule has 0 bridgehead atoms. The number of thioether (sulfide) groups is 1. The number of aryl methyl sites for hydroxylation is 1. The summed E-state index contributed by atoms with van der Waals surface area (Å²) >= 11 is 1.10. The number of halogens is 1. The zero-order valence-corrected chi connectivity index (χ0v) is 16.7. The summed E-state index contributed by atoms with van der Waals surface area (Å²) in [6.45, 7) is 3.58. The molecule has 0 radical (unpaired) electrons. The van der Waals surface area contributed by atoms with E-state index in [4.69, 9.17) is 0 Å². The Morgan fingerprint density at radius 3 is 2.61 bits per heavy atom. The van der Waals surface area contributed by atoms with Crippen LogP contribution in [0.15, 0.2) is 47.4 Å². The molecule has 144 valence electrons. The van der Waals surface area contributed by atoms with Crippen LogP contribution in [0.2, 0.25) is 0 Å². The number of carbonyl (C=O) groups excluding carboxylic acids is 2. The molecule has 0 aliphatic heterocycles. The molecule has 0 atom stereocenters. The summed E-state index contributed by atoms with van der Waals surface area (Å²) in [6.07, 6.45) is 0. The third-order valence-electron chi connectivity index (χ3n) is 4.33. The highest BCUT2D eigenvalue weighted by Gasteiger charge is 2.14. The first-order valence-electron chi connectivity index (χ1n) is 8.74. The first-order valence-corrected chi connectivity index (χ1v) is 9.73.